The first kappa shape index (κ1) is 12.1. The van der Waals surface area contributed by atoms with E-state index in [-0.39, 0.29) is 11.9 Å². The van der Waals surface area contributed by atoms with Crippen molar-refractivity contribution in [3.05, 3.63) is 30.3 Å². The lowest BCUT2D eigenvalue weighted by Gasteiger charge is -2.31. The van der Waals surface area contributed by atoms with E-state index in [4.69, 9.17) is 4.74 Å². The van der Waals surface area contributed by atoms with Crippen molar-refractivity contribution in [3.8, 4) is 0 Å². The molecule has 1 N–H and O–H groups in total. The molecule has 1 saturated heterocycles. The summed E-state index contributed by atoms with van der Waals surface area (Å²) in [7, 11) is 0. The highest BCUT2D eigenvalue weighted by Crippen LogP contribution is 2.09. The Kier molecular flexibility index (Phi) is 4.12. The number of carbonyl (C=O) groups is 1. The summed E-state index contributed by atoms with van der Waals surface area (Å²) in [5, 5.41) is 2.92. The molecule has 0 saturated carbocycles. The van der Waals surface area contributed by atoms with Gasteiger partial charge in [-0.05, 0) is 19.1 Å². The van der Waals surface area contributed by atoms with E-state index in [1.807, 2.05) is 37.3 Å². The first-order chi connectivity index (χ1) is 8.27. The van der Waals surface area contributed by atoms with E-state index in [2.05, 4.69) is 10.2 Å². The normalized spacial score (nSPS) is 18.6. The van der Waals surface area contributed by atoms with E-state index < -0.39 is 0 Å². The van der Waals surface area contributed by atoms with Gasteiger partial charge >= 0.3 is 0 Å². The number of nitrogens with zero attached hydrogens (tertiary/aromatic N) is 1. The molecule has 0 aromatic heterocycles. The molecule has 1 heterocycles. The van der Waals surface area contributed by atoms with Crippen molar-refractivity contribution in [3.63, 3.8) is 0 Å². The van der Waals surface area contributed by atoms with E-state index in [0.717, 1.165) is 18.8 Å². The third kappa shape index (κ3) is 3.28. The van der Waals surface area contributed by atoms with Gasteiger partial charge in [0, 0.05) is 18.8 Å². The first-order valence-electron chi connectivity index (χ1n) is 5.95. The maximum Gasteiger partial charge on any atom is 0.241 e. The van der Waals surface area contributed by atoms with Crippen LogP contribution in [0.1, 0.15) is 6.92 Å². The molecular formula is C13H18N2O2. The minimum atomic E-state index is -0.112. The SMILES string of the molecule is CC(C(=O)Nc1ccccc1)N1CCOCC1. The number of rotatable bonds is 3. The third-order valence-corrected chi connectivity index (χ3v) is 3.01. The molecule has 0 spiro atoms. The fraction of sp³-hybridized carbons (Fsp3) is 0.462. The van der Waals surface area contributed by atoms with Crippen LogP contribution in [-0.2, 0) is 9.53 Å². The van der Waals surface area contributed by atoms with Gasteiger partial charge in [-0.3, -0.25) is 9.69 Å². The van der Waals surface area contributed by atoms with Crippen LogP contribution in [-0.4, -0.2) is 43.2 Å². The van der Waals surface area contributed by atoms with Crippen LogP contribution in [0.3, 0.4) is 0 Å². The number of anilines is 1. The zero-order valence-electron chi connectivity index (χ0n) is 10.1. The molecule has 0 bridgehead atoms. The highest BCUT2D eigenvalue weighted by molar-refractivity contribution is 5.94. The molecule has 1 aromatic rings. The van der Waals surface area contributed by atoms with Gasteiger partial charge in [-0.2, -0.15) is 0 Å². The van der Waals surface area contributed by atoms with Gasteiger partial charge in [0.25, 0.3) is 0 Å². The standard InChI is InChI=1S/C13H18N2O2/c1-11(15-7-9-17-10-8-15)13(16)14-12-5-3-2-4-6-12/h2-6,11H,7-10H2,1H3,(H,14,16). The Morgan fingerprint density at radius 3 is 2.59 bits per heavy atom. The van der Waals surface area contributed by atoms with Crippen LogP contribution in [0.2, 0.25) is 0 Å². The van der Waals surface area contributed by atoms with Gasteiger partial charge in [-0.25, -0.2) is 0 Å². The van der Waals surface area contributed by atoms with Gasteiger partial charge < -0.3 is 10.1 Å². The molecule has 1 unspecified atom stereocenters. The first-order valence-corrected chi connectivity index (χ1v) is 5.95. The molecule has 1 aromatic carbocycles. The summed E-state index contributed by atoms with van der Waals surface area (Å²) >= 11 is 0. The summed E-state index contributed by atoms with van der Waals surface area (Å²) in [6.07, 6.45) is 0. The molecule has 4 nitrogen and oxygen atoms in total. The number of nitrogens with one attached hydrogen (secondary N) is 1. The maximum atomic E-state index is 12.0. The summed E-state index contributed by atoms with van der Waals surface area (Å²) in [5.41, 5.74) is 0.845. The van der Waals surface area contributed by atoms with Crippen LogP contribution in [0.5, 0.6) is 0 Å². The van der Waals surface area contributed by atoms with Crippen molar-refractivity contribution in [2.24, 2.45) is 0 Å². The molecule has 0 aliphatic carbocycles. The Balaban J connectivity index is 1.90. The second-order valence-corrected chi connectivity index (χ2v) is 4.18. The van der Waals surface area contributed by atoms with Crippen LogP contribution in [0.25, 0.3) is 0 Å². The molecule has 1 aliphatic rings. The predicted octanol–water partition coefficient (Wildman–Crippen LogP) is 1.35. The Morgan fingerprint density at radius 1 is 1.29 bits per heavy atom. The average molecular weight is 234 g/mol. The zero-order valence-corrected chi connectivity index (χ0v) is 10.1. The lowest BCUT2D eigenvalue weighted by molar-refractivity contribution is -0.122. The van der Waals surface area contributed by atoms with Crippen molar-refractivity contribution in [1.82, 2.24) is 4.90 Å². The van der Waals surface area contributed by atoms with Gasteiger partial charge in [0.15, 0.2) is 0 Å². The van der Waals surface area contributed by atoms with Crippen LogP contribution < -0.4 is 5.32 Å². The maximum absolute atomic E-state index is 12.0. The Labute approximate surface area is 102 Å². The van der Waals surface area contributed by atoms with Crippen molar-refractivity contribution in [1.29, 1.82) is 0 Å². The van der Waals surface area contributed by atoms with Crippen LogP contribution >= 0.6 is 0 Å². The Morgan fingerprint density at radius 2 is 1.94 bits per heavy atom. The largest absolute Gasteiger partial charge is 0.379 e. The van der Waals surface area contributed by atoms with Crippen molar-refractivity contribution >= 4 is 11.6 Å². The monoisotopic (exact) mass is 234 g/mol. The highest BCUT2D eigenvalue weighted by Gasteiger charge is 2.22. The van der Waals surface area contributed by atoms with Gasteiger partial charge in [-0.15, -0.1) is 0 Å². The summed E-state index contributed by atoms with van der Waals surface area (Å²) in [4.78, 5) is 14.2. The lowest BCUT2D eigenvalue weighted by atomic mass is 10.2. The van der Waals surface area contributed by atoms with Crippen molar-refractivity contribution < 1.29 is 9.53 Å². The second kappa shape index (κ2) is 5.80. The number of benzene rings is 1. The molecule has 1 amide bonds. The summed E-state index contributed by atoms with van der Waals surface area (Å²) in [6, 6.07) is 9.43. The Hall–Kier alpha value is -1.39. The predicted molar refractivity (Wildman–Crippen MR) is 66.9 cm³/mol. The number of carbonyl (C=O) groups excluding carboxylic acids is 1. The highest BCUT2D eigenvalue weighted by atomic mass is 16.5. The molecule has 92 valence electrons. The number of amides is 1. The summed E-state index contributed by atoms with van der Waals surface area (Å²) in [6.45, 7) is 5.00. The topological polar surface area (TPSA) is 41.6 Å². The minimum absolute atomic E-state index is 0.0399. The van der Waals surface area contributed by atoms with Crippen molar-refractivity contribution in [2.45, 2.75) is 13.0 Å². The molecular weight excluding hydrogens is 216 g/mol. The van der Waals surface area contributed by atoms with E-state index in [0.29, 0.717) is 13.2 Å². The lowest BCUT2D eigenvalue weighted by Crippen LogP contribution is -2.47. The van der Waals surface area contributed by atoms with Gasteiger partial charge in [-0.1, -0.05) is 18.2 Å². The van der Waals surface area contributed by atoms with Crippen LogP contribution in [0.15, 0.2) is 30.3 Å². The number of hydrogen-bond donors (Lipinski definition) is 1. The van der Waals surface area contributed by atoms with Gasteiger partial charge in [0.05, 0.1) is 19.3 Å². The van der Waals surface area contributed by atoms with Crippen LogP contribution in [0.4, 0.5) is 5.69 Å². The fourth-order valence-electron chi connectivity index (χ4n) is 1.90. The molecule has 1 fully saturated rings. The van der Waals surface area contributed by atoms with Crippen LogP contribution in [0, 0.1) is 0 Å². The van der Waals surface area contributed by atoms with E-state index in [9.17, 15) is 4.79 Å². The minimum Gasteiger partial charge on any atom is -0.379 e. The van der Waals surface area contributed by atoms with E-state index in [1.165, 1.54) is 0 Å². The molecule has 1 aliphatic heterocycles. The molecule has 2 rings (SSSR count). The van der Waals surface area contributed by atoms with Gasteiger partial charge in [0.2, 0.25) is 5.91 Å². The molecule has 17 heavy (non-hydrogen) atoms. The zero-order chi connectivity index (χ0) is 12.1. The number of para-hydroxylation sites is 1. The number of morpholine rings is 1. The van der Waals surface area contributed by atoms with Gasteiger partial charge in [0.1, 0.15) is 0 Å². The number of hydrogen-bond acceptors (Lipinski definition) is 3. The second-order valence-electron chi connectivity index (χ2n) is 4.18. The Bertz CT molecular complexity index is 361. The van der Waals surface area contributed by atoms with Crippen molar-refractivity contribution in [2.75, 3.05) is 31.6 Å². The smallest absolute Gasteiger partial charge is 0.241 e. The number of ether oxygens (including phenoxy) is 1. The molecule has 0 radical (unpaired) electrons. The summed E-state index contributed by atoms with van der Waals surface area (Å²) in [5.74, 6) is 0.0399. The quantitative estimate of drug-likeness (QED) is 0.858. The average Bonchev–Trinajstić information content (AvgIpc) is 2.40. The fourth-order valence-corrected chi connectivity index (χ4v) is 1.90. The summed E-state index contributed by atoms with van der Waals surface area (Å²) < 4.78 is 5.27. The molecule has 1 atom stereocenters. The van der Waals surface area contributed by atoms with E-state index >= 15 is 0 Å². The molecule has 4 heteroatoms. The third-order valence-electron chi connectivity index (χ3n) is 3.01. The van der Waals surface area contributed by atoms with E-state index in [1.54, 1.807) is 0 Å².